The Labute approximate surface area is 186 Å². The second kappa shape index (κ2) is 9.24. The second-order valence-electron chi connectivity index (χ2n) is 8.32. The van der Waals surface area contributed by atoms with Gasteiger partial charge in [0.05, 0.1) is 11.7 Å². The van der Waals surface area contributed by atoms with E-state index >= 15 is 0 Å². The summed E-state index contributed by atoms with van der Waals surface area (Å²) < 4.78 is 7.52. The SMILES string of the molecule is O=C(Nc1nc([C@H]2CCCN2c2ccccc2)cs1)c1cccn1CC1CCOCC1. The molecule has 0 saturated carbocycles. The van der Waals surface area contributed by atoms with E-state index in [-0.39, 0.29) is 11.9 Å². The number of carbonyl (C=O) groups is 1. The Morgan fingerprint density at radius 2 is 1.97 bits per heavy atom. The van der Waals surface area contributed by atoms with Crippen LogP contribution in [-0.2, 0) is 11.3 Å². The molecule has 2 aliphatic heterocycles. The zero-order chi connectivity index (χ0) is 21.0. The lowest BCUT2D eigenvalue weighted by atomic mass is 10.0. The maximum atomic E-state index is 13.0. The molecule has 0 bridgehead atoms. The summed E-state index contributed by atoms with van der Waals surface area (Å²) in [4.78, 5) is 20.2. The van der Waals surface area contributed by atoms with Crippen molar-refractivity contribution in [3.05, 3.63) is 65.4 Å². The normalized spacial score (nSPS) is 19.6. The molecule has 4 heterocycles. The van der Waals surface area contributed by atoms with E-state index in [1.165, 1.54) is 17.0 Å². The summed E-state index contributed by atoms with van der Waals surface area (Å²) in [6, 6.07) is 14.6. The summed E-state index contributed by atoms with van der Waals surface area (Å²) in [6.07, 6.45) is 6.33. The molecule has 1 aromatic carbocycles. The standard InChI is InChI=1S/C24H28N4O2S/c29-23(22-9-4-12-27(22)16-18-10-14-30-15-11-18)26-24-25-20(17-31-24)21-8-5-13-28(21)19-6-2-1-3-7-19/h1-4,6-7,9,12,17-18,21H,5,8,10-11,13-16H2,(H,25,26,29)/t21-/m1/s1. The van der Waals surface area contributed by atoms with E-state index in [1.807, 2.05) is 24.4 Å². The number of nitrogens with one attached hydrogen (secondary N) is 1. The van der Waals surface area contributed by atoms with Crippen LogP contribution in [-0.4, -0.2) is 35.2 Å². The molecule has 5 rings (SSSR count). The molecule has 3 aromatic rings. The number of para-hydroxylation sites is 1. The van der Waals surface area contributed by atoms with Gasteiger partial charge < -0.3 is 14.2 Å². The lowest BCUT2D eigenvalue weighted by molar-refractivity contribution is 0.0610. The minimum absolute atomic E-state index is 0.0932. The van der Waals surface area contributed by atoms with Crippen molar-refractivity contribution in [2.45, 2.75) is 38.3 Å². The Balaban J connectivity index is 1.26. The van der Waals surface area contributed by atoms with Crippen molar-refractivity contribution in [2.75, 3.05) is 30.0 Å². The highest BCUT2D eigenvalue weighted by molar-refractivity contribution is 7.14. The number of nitrogens with zero attached hydrogens (tertiary/aromatic N) is 3. The van der Waals surface area contributed by atoms with Crippen LogP contribution < -0.4 is 10.2 Å². The van der Waals surface area contributed by atoms with Crippen molar-refractivity contribution in [2.24, 2.45) is 5.92 Å². The van der Waals surface area contributed by atoms with Gasteiger partial charge in [0, 0.05) is 43.6 Å². The minimum atomic E-state index is -0.0932. The van der Waals surface area contributed by atoms with Gasteiger partial charge in [0.15, 0.2) is 5.13 Å². The number of amides is 1. The van der Waals surface area contributed by atoms with Gasteiger partial charge in [-0.25, -0.2) is 4.98 Å². The van der Waals surface area contributed by atoms with Crippen LogP contribution in [0.25, 0.3) is 0 Å². The fourth-order valence-corrected chi connectivity index (χ4v) is 5.40. The van der Waals surface area contributed by atoms with Gasteiger partial charge >= 0.3 is 0 Å². The first kappa shape index (κ1) is 20.3. The lowest BCUT2D eigenvalue weighted by Gasteiger charge is -2.25. The molecule has 0 unspecified atom stereocenters. The maximum Gasteiger partial charge on any atom is 0.274 e. The molecule has 1 N–H and O–H groups in total. The zero-order valence-electron chi connectivity index (χ0n) is 17.6. The number of carbonyl (C=O) groups excluding carboxylic acids is 1. The smallest absolute Gasteiger partial charge is 0.274 e. The van der Waals surface area contributed by atoms with Crippen LogP contribution in [0.2, 0.25) is 0 Å². The number of thiazole rings is 1. The van der Waals surface area contributed by atoms with Gasteiger partial charge in [-0.3, -0.25) is 10.1 Å². The maximum absolute atomic E-state index is 13.0. The molecule has 7 heteroatoms. The molecule has 2 fully saturated rings. The molecule has 0 spiro atoms. The first-order chi connectivity index (χ1) is 15.3. The molecular weight excluding hydrogens is 408 g/mol. The topological polar surface area (TPSA) is 59.4 Å². The van der Waals surface area contributed by atoms with Crippen molar-refractivity contribution >= 4 is 28.1 Å². The van der Waals surface area contributed by atoms with Gasteiger partial charge in [-0.2, -0.15) is 0 Å². The molecular formula is C24H28N4O2S. The van der Waals surface area contributed by atoms with Crippen LogP contribution in [0.3, 0.4) is 0 Å². The fraction of sp³-hybridized carbons (Fsp3) is 0.417. The van der Waals surface area contributed by atoms with E-state index in [0.717, 1.165) is 57.7 Å². The summed E-state index contributed by atoms with van der Waals surface area (Å²) in [5.41, 5.74) is 2.96. The van der Waals surface area contributed by atoms with E-state index in [4.69, 9.17) is 9.72 Å². The molecule has 162 valence electrons. The van der Waals surface area contributed by atoms with Crippen LogP contribution in [0.15, 0.2) is 54.0 Å². The van der Waals surface area contributed by atoms with Crippen molar-refractivity contribution in [1.82, 2.24) is 9.55 Å². The highest BCUT2D eigenvalue weighted by Crippen LogP contribution is 2.37. The Hall–Kier alpha value is -2.64. The highest BCUT2D eigenvalue weighted by atomic mass is 32.1. The van der Waals surface area contributed by atoms with Crippen LogP contribution in [0, 0.1) is 5.92 Å². The average Bonchev–Trinajstić information content (AvgIpc) is 3.56. The van der Waals surface area contributed by atoms with Crippen LogP contribution in [0.4, 0.5) is 10.8 Å². The second-order valence-corrected chi connectivity index (χ2v) is 9.18. The van der Waals surface area contributed by atoms with Crippen LogP contribution in [0.5, 0.6) is 0 Å². The number of rotatable bonds is 6. The number of anilines is 2. The number of aromatic nitrogens is 2. The Morgan fingerprint density at radius 1 is 1.13 bits per heavy atom. The Morgan fingerprint density at radius 3 is 2.81 bits per heavy atom. The average molecular weight is 437 g/mol. The van der Waals surface area contributed by atoms with Gasteiger partial charge in [-0.05, 0) is 55.9 Å². The quantitative estimate of drug-likeness (QED) is 0.593. The molecule has 6 nitrogen and oxygen atoms in total. The Kier molecular flexibility index (Phi) is 6.04. The van der Waals surface area contributed by atoms with E-state index < -0.39 is 0 Å². The number of hydrogen-bond acceptors (Lipinski definition) is 5. The van der Waals surface area contributed by atoms with Crippen molar-refractivity contribution < 1.29 is 9.53 Å². The summed E-state index contributed by atoms with van der Waals surface area (Å²) in [5.74, 6) is 0.467. The van der Waals surface area contributed by atoms with Crippen molar-refractivity contribution in [3.8, 4) is 0 Å². The molecule has 2 saturated heterocycles. The zero-order valence-corrected chi connectivity index (χ0v) is 18.4. The minimum Gasteiger partial charge on any atom is -0.381 e. The van der Waals surface area contributed by atoms with E-state index in [1.54, 1.807) is 0 Å². The third-order valence-corrected chi connectivity index (χ3v) is 7.06. The largest absolute Gasteiger partial charge is 0.381 e. The number of ether oxygens (including phenoxy) is 1. The lowest BCUT2D eigenvalue weighted by Crippen LogP contribution is -2.24. The van der Waals surface area contributed by atoms with E-state index in [0.29, 0.717) is 16.7 Å². The highest BCUT2D eigenvalue weighted by Gasteiger charge is 2.28. The van der Waals surface area contributed by atoms with Crippen molar-refractivity contribution in [1.29, 1.82) is 0 Å². The monoisotopic (exact) mass is 436 g/mol. The molecule has 0 aliphatic carbocycles. The van der Waals surface area contributed by atoms with Gasteiger partial charge in [-0.1, -0.05) is 18.2 Å². The molecule has 2 aliphatic rings. The van der Waals surface area contributed by atoms with Gasteiger partial charge in [0.2, 0.25) is 0 Å². The van der Waals surface area contributed by atoms with Crippen LogP contribution >= 0.6 is 11.3 Å². The van der Waals surface area contributed by atoms with E-state index in [9.17, 15) is 4.79 Å². The summed E-state index contributed by atoms with van der Waals surface area (Å²) in [5, 5.41) is 5.78. The van der Waals surface area contributed by atoms with Gasteiger partial charge in [0.1, 0.15) is 5.69 Å². The summed E-state index contributed by atoms with van der Waals surface area (Å²) in [6.45, 7) is 3.52. The van der Waals surface area contributed by atoms with Crippen LogP contribution in [0.1, 0.15) is 47.9 Å². The summed E-state index contributed by atoms with van der Waals surface area (Å²) in [7, 11) is 0. The van der Waals surface area contributed by atoms with E-state index in [2.05, 4.69) is 44.4 Å². The molecule has 1 amide bonds. The Bertz CT molecular complexity index is 1010. The molecule has 31 heavy (non-hydrogen) atoms. The fourth-order valence-electron chi connectivity index (χ4n) is 4.65. The first-order valence-electron chi connectivity index (χ1n) is 11.1. The number of hydrogen-bond donors (Lipinski definition) is 1. The predicted octanol–water partition coefficient (Wildman–Crippen LogP) is 4.97. The van der Waals surface area contributed by atoms with Gasteiger partial charge in [0.25, 0.3) is 5.91 Å². The summed E-state index contributed by atoms with van der Waals surface area (Å²) >= 11 is 1.51. The molecule has 1 atom stereocenters. The first-order valence-corrected chi connectivity index (χ1v) is 12.0. The van der Waals surface area contributed by atoms with Gasteiger partial charge in [-0.15, -0.1) is 11.3 Å². The number of benzene rings is 1. The van der Waals surface area contributed by atoms with Crippen molar-refractivity contribution in [3.63, 3.8) is 0 Å². The third-order valence-electron chi connectivity index (χ3n) is 6.28. The predicted molar refractivity (Wildman–Crippen MR) is 124 cm³/mol. The molecule has 2 aromatic heterocycles. The third kappa shape index (κ3) is 4.52. The molecule has 0 radical (unpaired) electrons.